The van der Waals surface area contributed by atoms with Crippen molar-refractivity contribution in [3.8, 4) is 0 Å². The van der Waals surface area contributed by atoms with E-state index in [2.05, 4.69) is 20.3 Å². The first kappa shape index (κ1) is 14.0. The molecule has 2 rings (SSSR count). The number of hydrogen-bond donors (Lipinski definition) is 3. The standard InChI is InChI=1S/C13H23N5O/c1-9(2)12-15-10(17-14)7-11(16-12)18-6-4-5-13(3,19)8-18/h7,9,19H,4-6,8,14H2,1-3H3,(H,15,16,17). The molecule has 106 valence electrons. The van der Waals surface area contributed by atoms with Gasteiger partial charge in [-0.15, -0.1) is 0 Å². The minimum absolute atomic E-state index is 0.234. The predicted octanol–water partition coefficient (Wildman–Crippen LogP) is 1.24. The van der Waals surface area contributed by atoms with Gasteiger partial charge in [0.1, 0.15) is 17.5 Å². The molecule has 0 radical (unpaired) electrons. The van der Waals surface area contributed by atoms with Gasteiger partial charge < -0.3 is 15.4 Å². The minimum Gasteiger partial charge on any atom is -0.388 e. The Morgan fingerprint density at radius 1 is 1.47 bits per heavy atom. The van der Waals surface area contributed by atoms with Crippen molar-refractivity contribution in [3.05, 3.63) is 11.9 Å². The molecule has 1 aliphatic rings. The third kappa shape index (κ3) is 3.33. The SMILES string of the molecule is CC(C)c1nc(NN)cc(N2CCCC(C)(O)C2)n1. The number of rotatable bonds is 3. The average molecular weight is 265 g/mol. The van der Waals surface area contributed by atoms with E-state index in [1.165, 1.54) is 0 Å². The lowest BCUT2D eigenvalue weighted by atomic mass is 9.95. The zero-order valence-electron chi connectivity index (χ0n) is 11.8. The number of aromatic nitrogens is 2. The molecule has 6 nitrogen and oxygen atoms in total. The number of nitrogens with zero attached hydrogens (tertiary/aromatic N) is 3. The third-order valence-corrected chi connectivity index (χ3v) is 3.39. The van der Waals surface area contributed by atoms with E-state index in [-0.39, 0.29) is 5.92 Å². The summed E-state index contributed by atoms with van der Waals surface area (Å²) in [5.74, 6) is 7.89. The van der Waals surface area contributed by atoms with E-state index in [0.717, 1.165) is 31.0 Å². The molecular formula is C13H23N5O. The zero-order chi connectivity index (χ0) is 14.0. The molecule has 6 heteroatoms. The van der Waals surface area contributed by atoms with Crippen LogP contribution in [0.2, 0.25) is 0 Å². The fraction of sp³-hybridized carbons (Fsp3) is 0.692. The topological polar surface area (TPSA) is 87.3 Å². The summed E-state index contributed by atoms with van der Waals surface area (Å²) in [4.78, 5) is 11.0. The average Bonchev–Trinajstić information content (AvgIpc) is 2.37. The highest BCUT2D eigenvalue weighted by Gasteiger charge is 2.29. The Morgan fingerprint density at radius 2 is 2.21 bits per heavy atom. The highest BCUT2D eigenvalue weighted by Crippen LogP contribution is 2.26. The van der Waals surface area contributed by atoms with E-state index in [1.807, 2.05) is 26.8 Å². The van der Waals surface area contributed by atoms with E-state index in [0.29, 0.717) is 12.4 Å². The van der Waals surface area contributed by atoms with E-state index in [9.17, 15) is 5.11 Å². The number of nitrogens with two attached hydrogens (primary N) is 1. The molecule has 1 aliphatic heterocycles. The Morgan fingerprint density at radius 3 is 2.79 bits per heavy atom. The van der Waals surface area contributed by atoms with Crippen LogP contribution in [0.1, 0.15) is 45.4 Å². The van der Waals surface area contributed by atoms with Gasteiger partial charge in [0, 0.05) is 25.1 Å². The second kappa shape index (κ2) is 5.30. The van der Waals surface area contributed by atoms with Crippen LogP contribution >= 0.6 is 0 Å². The summed E-state index contributed by atoms with van der Waals surface area (Å²) in [6.45, 7) is 7.45. The van der Waals surface area contributed by atoms with Gasteiger partial charge in [0.2, 0.25) is 0 Å². The molecule has 1 saturated heterocycles. The van der Waals surface area contributed by atoms with Gasteiger partial charge in [0.05, 0.1) is 5.60 Å². The van der Waals surface area contributed by atoms with Gasteiger partial charge in [-0.3, -0.25) is 0 Å². The molecular weight excluding hydrogens is 242 g/mol. The maximum Gasteiger partial charge on any atom is 0.145 e. The molecule has 0 bridgehead atoms. The van der Waals surface area contributed by atoms with Gasteiger partial charge in [-0.25, -0.2) is 15.8 Å². The van der Waals surface area contributed by atoms with Crippen LogP contribution in [0.4, 0.5) is 11.6 Å². The van der Waals surface area contributed by atoms with Gasteiger partial charge in [0.25, 0.3) is 0 Å². The van der Waals surface area contributed by atoms with E-state index < -0.39 is 5.60 Å². The van der Waals surface area contributed by atoms with Crippen LogP contribution < -0.4 is 16.2 Å². The summed E-state index contributed by atoms with van der Waals surface area (Å²) in [7, 11) is 0. The summed E-state index contributed by atoms with van der Waals surface area (Å²) < 4.78 is 0. The molecule has 0 aliphatic carbocycles. The van der Waals surface area contributed by atoms with Crippen molar-refractivity contribution in [1.29, 1.82) is 0 Å². The monoisotopic (exact) mass is 265 g/mol. The summed E-state index contributed by atoms with van der Waals surface area (Å²) in [6.07, 6.45) is 1.78. The molecule has 0 spiro atoms. The summed E-state index contributed by atoms with van der Waals surface area (Å²) in [6, 6.07) is 1.83. The Labute approximate surface area is 114 Å². The predicted molar refractivity (Wildman–Crippen MR) is 76.0 cm³/mol. The van der Waals surface area contributed by atoms with Crippen LogP contribution in [0.25, 0.3) is 0 Å². The fourth-order valence-corrected chi connectivity index (χ4v) is 2.36. The number of anilines is 2. The first-order valence-corrected chi connectivity index (χ1v) is 6.74. The molecule has 1 aromatic rings. The molecule has 19 heavy (non-hydrogen) atoms. The first-order valence-electron chi connectivity index (χ1n) is 6.74. The highest BCUT2D eigenvalue weighted by molar-refractivity contribution is 5.49. The third-order valence-electron chi connectivity index (χ3n) is 3.39. The van der Waals surface area contributed by atoms with Gasteiger partial charge in [0.15, 0.2) is 0 Å². The quantitative estimate of drug-likeness (QED) is 0.563. The number of hydrogen-bond acceptors (Lipinski definition) is 6. The lowest BCUT2D eigenvalue weighted by Crippen LogP contribution is -2.46. The van der Waals surface area contributed by atoms with Gasteiger partial charge in [-0.05, 0) is 19.8 Å². The van der Waals surface area contributed by atoms with Crippen molar-refractivity contribution >= 4 is 11.6 Å². The molecule has 1 fully saturated rings. The maximum absolute atomic E-state index is 10.2. The van der Waals surface area contributed by atoms with E-state index >= 15 is 0 Å². The largest absolute Gasteiger partial charge is 0.388 e. The zero-order valence-corrected chi connectivity index (χ0v) is 11.8. The second-order valence-corrected chi connectivity index (χ2v) is 5.79. The van der Waals surface area contributed by atoms with Crippen LogP contribution in [0, 0.1) is 0 Å². The van der Waals surface area contributed by atoms with Crippen molar-refractivity contribution in [1.82, 2.24) is 9.97 Å². The van der Waals surface area contributed by atoms with E-state index in [4.69, 9.17) is 5.84 Å². The van der Waals surface area contributed by atoms with Crippen molar-refractivity contribution < 1.29 is 5.11 Å². The van der Waals surface area contributed by atoms with Gasteiger partial charge in [-0.1, -0.05) is 13.8 Å². The highest BCUT2D eigenvalue weighted by atomic mass is 16.3. The first-order chi connectivity index (χ1) is 8.91. The van der Waals surface area contributed by atoms with Crippen molar-refractivity contribution in [2.75, 3.05) is 23.4 Å². The molecule has 1 atom stereocenters. The Balaban J connectivity index is 2.30. The number of hydrazine groups is 1. The lowest BCUT2D eigenvalue weighted by Gasteiger charge is -2.37. The van der Waals surface area contributed by atoms with Gasteiger partial charge >= 0.3 is 0 Å². The number of β-amino-alcohol motifs (C(OH)–C–C–N with tert-alkyl or cyclic N) is 1. The van der Waals surface area contributed by atoms with Crippen molar-refractivity contribution in [2.45, 2.75) is 45.1 Å². The smallest absolute Gasteiger partial charge is 0.145 e. The van der Waals surface area contributed by atoms with Crippen LogP contribution in [-0.4, -0.2) is 33.8 Å². The number of aliphatic hydroxyl groups is 1. The minimum atomic E-state index is -0.655. The van der Waals surface area contributed by atoms with Crippen LogP contribution in [0.3, 0.4) is 0 Å². The molecule has 0 saturated carbocycles. The van der Waals surface area contributed by atoms with Crippen molar-refractivity contribution in [3.63, 3.8) is 0 Å². The molecule has 1 aromatic heterocycles. The summed E-state index contributed by atoms with van der Waals surface area (Å²) in [5, 5.41) is 10.2. The Hall–Kier alpha value is -1.40. The molecule has 0 aromatic carbocycles. The van der Waals surface area contributed by atoms with Crippen molar-refractivity contribution in [2.24, 2.45) is 5.84 Å². The molecule has 1 unspecified atom stereocenters. The van der Waals surface area contributed by atoms with Gasteiger partial charge in [-0.2, -0.15) is 0 Å². The summed E-state index contributed by atoms with van der Waals surface area (Å²) >= 11 is 0. The number of nitrogen functional groups attached to an aromatic ring is 1. The molecule has 4 N–H and O–H groups in total. The Bertz CT molecular complexity index is 447. The molecule has 0 amide bonds. The number of piperidine rings is 1. The molecule has 2 heterocycles. The number of nitrogens with one attached hydrogen (secondary N) is 1. The maximum atomic E-state index is 10.2. The lowest BCUT2D eigenvalue weighted by molar-refractivity contribution is 0.0447. The Kier molecular flexibility index (Phi) is 3.91. The van der Waals surface area contributed by atoms with Crippen LogP contribution in [0.5, 0.6) is 0 Å². The van der Waals surface area contributed by atoms with Crippen LogP contribution in [0.15, 0.2) is 6.07 Å². The second-order valence-electron chi connectivity index (χ2n) is 5.79. The van der Waals surface area contributed by atoms with Crippen LogP contribution in [-0.2, 0) is 0 Å². The normalized spacial score (nSPS) is 23.8. The fourth-order valence-electron chi connectivity index (χ4n) is 2.36. The van der Waals surface area contributed by atoms with E-state index in [1.54, 1.807) is 0 Å². The summed E-state index contributed by atoms with van der Waals surface area (Å²) in [5.41, 5.74) is 1.93.